The Kier molecular flexibility index (Phi) is 5.33. The minimum atomic E-state index is -3.49. The van der Waals surface area contributed by atoms with Crippen molar-refractivity contribution in [2.75, 3.05) is 14.1 Å². The Morgan fingerprint density at radius 3 is 2.62 bits per heavy atom. The van der Waals surface area contributed by atoms with Gasteiger partial charge in [0.1, 0.15) is 5.82 Å². The number of imidazole rings is 1. The van der Waals surface area contributed by atoms with Crippen LogP contribution in [0, 0.1) is 0 Å². The molecule has 0 bridgehead atoms. The minimum Gasteiger partial charge on any atom is -0.328 e. The lowest BCUT2D eigenvalue weighted by Gasteiger charge is -2.11. The van der Waals surface area contributed by atoms with Crippen LogP contribution in [0.5, 0.6) is 0 Å². The van der Waals surface area contributed by atoms with Gasteiger partial charge in [-0.1, -0.05) is 18.2 Å². The van der Waals surface area contributed by atoms with Crippen LogP contribution in [0.1, 0.15) is 12.7 Å². The van der Waals surface area contributed by atoms with Crippen molar-refractivity contribution >= 4 is 43.7 Å². The predicted molar refractivity (Wildman–Crippen MR) is 118 cm³/mol. The molecule has 8 heteroatoms. The molecular formula is C21H22N4O2S2. The van der Waals surface area contributed by atoms with Crippen LogP contribution in [0.15, 0.2) is 64.5 Å². The number of hydrogen-bond acceptors (Lipinski definition) is 5. The normalized spacial score (nSPS) is 12.3. The molecule has 2 aromatic carbocycles. The number of thioether (sulfide) groups is 1. The number of hydrogen-bond donors (Lipinski definition) is 0. The zero-order chi connectivity index (χ0) is 20.6. The van der Waals surface area contributed by atoms with Gasteiger partial charge in [0.05, 0.1) is 27.2 Å². The quantitative estimate of drug-likeness (QED) is 0.433. The fourth-order valence-electron chi connectivity index (χ4n) is 3.33. The average Bonchev–Trinajstić information content (AvgIpc) is 3.08. The Balaban J connectivity index is 1.70. The van der Waals surface area contributed by atoms with E-state index in [1.807, 2.05) is 36.5 Å². The molecule has 29 heavy (non-hydrogen) atoms. The van der Waals surface area contributed by atoms with Crippen LogP contribution in [0.3, 0.4) is 0 Å². The van der Waals surface area contributed by atoms with Gasteiger partial charge in [0.15, 0.2) is 0 Å². The van der Waals surface area contributed by atoms with E-state index >= 15 is 0 Å². The first-order chi connectivity index (χ1) is 13.9. The fourth-order valence-corrected chi connectivity index (χ4v) is 5.24. The van der Waals surface area contributed by atoms with Crippen molar-refractivity contribution in [2.45, 2.75) is 29.0 Å². The van der Waals surface area contributed by atoms with E-state index in [4.69, 9.17) is 4.98 Å². The van der Waals surface area contributed by atoms with E-state index < -0.39 is 10.0 Å². The maximum absolute atomic E-state index is 12.5. The predicted octanol–water partition coefficient (Wildman–Crippen LogP) is 4.15. The summed E-state index contributed by atoms with van der Waals surface area (Å²) in [5, 5.41) is 1.12. The van der Waals surface area contributed by atoms with Crippen molar-refractivity contribution in [3.8, 4) is 0 Å². The van der Waals surface area contributed by atoms with Crippen molar-refractivity contribution in [2.24, 2.45) is 0 Å². The lowest BCUT2D eigenvalue weighted by atomic mass is 10.2. The maximum atomic E-state index is 12.5. The molecule has 0 unspecified atom stereocenters. The van der Waals surface area contributed by atoms with Crippen LogP contribution < -0.4 is 0 Å². The third-order valence-corrected chi connectivity index (χ3v) is 7.74. The van der Waals surface area contributed by atoms with Gasteiger partial charge in [-0.3, -0.25) is 4.98 Å². The van der Waals surface area contributed by atoms with Crippen LogP contribution in [-0.4, -0.2) is 41.4 Å². The number of aryl methyl sites for hydroxylation is 1. The zero-order valence-corrected chi connectivity index (χ0v) is 18.2. The summed E-state index contributed by atoms with van der Waals surface area (Å²) >= 11 is 1.71. The molecule has 4 rings (SSSR count). The van der Waals surface area contributed by atoms with Gasteiger partial charge in [-0.2, -0.15) is 0 Å². The monoisotopic (exact) mass is 426 g/mol. The molecule has 2 heterocycles. The maximum Gasteiger partial charge on any atom is 0.242 e. The van der Waals surface area contributed by atoms with Crippen LogP contribution in [0.25, 0.3) is 21.9 Å². The van der Waals surface area contributed by atoms with Crippen molar-refractivity contribution in [1.82, 2.24) is 18.8 Å². The third kappa shape index (κ3) is 3.63. The summed E-state index contributed by atoms with van der Waals surface area (Å²) in [6, 6.07) is 15.3. The van der Waals surface area contributed by atoms with Gasteiger partial charge >= 0.3 is 0 Å². The molecule has 0 fully saturated rings. The van der Waals surface area contributed by atoms with Crippen LogP contribution in [0.2, 0.25) is 0 Å². The number of para-hydroxylation sites is 1. The highest BCUT2D eigenvalue weighted by Crippen LogP contribution is 2.30. The summed E-state index contributed by atoms with van der Waals surface area (Å²) in [6.45, 7) is 2.84. The van der Waals surface area contributed by atoms with Crippen molar-refractivity contribution in [1.29, 1.82) is 0 Å². The van der Waals surface area contributed by atoms with Crippen LogP contribution in [-0.2, 0) is 22.3 Å². The number of benzene rings is 2. The second kappa shape index (κ2) is 7.78. The second-order valence-corrected chi connectivity index (χ2v) is 9.99. The van der Waals surface area contributed by atoms with Crippen molar-refractivity contribution < 1.29 is 8.42 Å². The van der Waals surface area contributed by atoms with E-state index in [2.05, 4.69) is 22.5 Å². The molecule has 0 aliphatic heterocycles. The lowest BCUT2D eigenvalue weighted by molar-refractivity contribution is 0.521. The second-order valence-electron chi connectivity index (χ2n) is 6.83. The van der Waals surface area contributed by atoms with Crippen molar-refractivity contribution in [3.05, 3.63) is 60.6 Å². The molecule has 0 atom stereocenters. The number of fused-ring (bicyclic) bond motifs is 2. The van der Waals surface area contributed by atoms with Gasteiger partial charge in [-0.05, 0) is 37.3 Å². The van der Waals surface area contributed by atoms with Crippen LogP contribution >= 0.6 is 11.8 Å². The van der Waals surface area contributed by atoms with Crippen LogP contribution in [0.4, 0.5) is 0 Å². The Bertz CT molecular complexity index is 1290. The van der Waals surface area contributed by atoms with E-state index in [-0.39, 0.29) is 4.90 Å². The molecule has 0 saturated carbocycles. The molecule has 150 valence electrons. The SMILES string of the molecule is CCn1c(CSc2ccnc3ccccc23)nc2cc(S(=O)(=O)N(C)C)ccc21. The summed E-state index contributed by atoms with van der Waals surface area (Å²) in [5.74, 6) is 1.61. The Morgan fingerprint density at radius 1 is 1.07 bits per heavy atom. The number of rotatable bonds is 6. The summed E-state index contributed by atoms with van der Waals surface area (Å²) < 4.78 is 28.3. The first-order valence-corrected chi connectivity index (χ1v) is 11.7. The topological polar surface area (TPSA) is 68.1 Å². The molecule has 0 N–H and O–H groups in total. The summed E-state index contributed by atoms with van der Waals surface area (Å²) in [5.41, 5.74) is 2.62. The molecule has 6 nitrogen and oxygen atoms in total. The molecule has 0 radical (unpaired) electrons. The van der Waals surface area contributed by atoms with Gasteiger partial charge in [0.25, 0.3) is 0 Å². The van der Waals surface area contributed by atoms with Gasteiger partial charge in [-0.25, -0.2) is 17.7 Å². The third-order valence-electron chi connectivity index (χ3n) is 4.86. The Hall–Kier alpha value is -2.42. The largest absolute Gasteiger partial charge is 0.328 e. The molecule has 0 aliphatic rings. The number of aromatic nitrogens is 3. The van der Waals surface area contributed by atoms with Crippen molar-refractivity contribution in [3.63, 3.8) is 0 Å². The molecule has 0 saturated heterocycles. The summed E-state index contributed by atoms with van der Waals surface area (Å²) in [7, 11) is -0.420. The van der Waals surface area contributed by atoms with Gasteiger partial charge in [0.2, 0.25) is 10.0 Å². The summed E-state index contributed by atoms with van der Waals surface area (Å²) in [4.78, 5) is 10.6. The first-order valence-electron chi connectivity index (χ1n) is 9.30. The van der Waals surface area contributed by atoms with E-state index in [1.54, 1.807) is 23.9 Å². The molecule has 0 amide bonds. The zero-order valence-electron chi connectivity index (χ0n) is 16.5. The molecule has 0 aliphatic carbocycles. The Labute approximate surface area is 174 Å². The highest BCUT2D eigenvalue weighted by Gasteiger charge is 2.19. The molecule has 2 aromatic heterocycles. The standard InChI is InChI=1S/C21H22N4O2S2/c1-4-25-19-10-9-15(29(26,27)24(2)3)13-18(19)23-21(25)14-28-20-11-12-22-17-8-6-5-7-16(17)20/h5-13H,4,14H2,1-3H3. The van der Waals surface area contributed by atoms with Gasteiger partial charge in [-0.15, -0.1) is 11.8 Å². The highest BCUT2D eigenvalue weighted by molar-refractivity contribution is 7.98. The molecule has 0 spiro atoms. The van der Waals surface area contributed by atoms with E-state index in [1.165, 1.54) is 18.4 Å². The molecule has 4 aromatic rings. The Morgan fingerprint density at radius 2 is 1.86 bits per heavy atom. The van der Waals surface area contributed by atoms with Gasteiger partial charge in [0, 0.05) is 37.1 Å². The average molecular weight is 427 g/mol. The molecular weight excluding hydrogens is 404 g/mol. The first kappa shape index (κ1) is 19.9. The number of sulfonamides is 1. The fraction of sp³-hybridized carbons (Fsp3) is 0.238. The number of nitrogens with zero attached hydrogens (tertiary/aromatic N) is 4. The lowest BCUT2D eigenvalue weighted by Crippen LogP contribution is -2.22. The van der Waals surface area contributed by atoms with E-state index in [9.17, 15) is 8.42 Å². The van der Waals surface area contributed by atoms with E-state index in [0.717, 1.165) is 33.7 Å². The minimum absolute atomic E-state index is 0.259. The van der Waals surface area contributed by atoms with E-state index in [0.29, 0.717) is 11.3 Å². The highest BCUT2D eigenvalue weighted by atomic mass is 32.2. The smallest absolute Gasteiger partial charge is 0.242 e. The summed E-state index contributed by atoms with van der Waals surface area (Å²) in [6.07, 6.45) is 1.83. The number of pyridine rings is 1. The van der Waals surface area contributed by atoms with Gasteiger partial charge < -0.3 is 4.57 Å².